The number of ether oxygens (including phenoxy) is 2. The summed E-state index contributed by atoms with van der Waals surface area (Å²) in [6.07, 6.45) is 4.54. The van der Waals surface area contributed by atoms with Crippen LogP contribution in [0.1, 0.15) is 46.0 Å². The van der Waals surface area contributed by atoms with Crippen LogP contribution in [0.2, 0.25) is 0 Å². The molecule has 1 aromatic rings. The van der Waals surface area contributed by atoms with Crippen molar-refractivity contribution in [2.45, 2.75) is 52.1 Å². The number of hydrogen-bond acceptors (Lipinski definition) is 4. The molecule has 0 radical (unpaired) electrons. The maximum absolute atomic E-state index is 11.8. The van der Waals surface area contributed by atoms with E-state index in [1.807, 2.05) is 0 Å². The SMILES string of the molecule is CC1(C)CCC(OC(=O)CCOc2ccc(N)cc2)CC1. The molecule has 0 aromatic heterocycles. The average molecular weight is 291 g/mol. The first-order valence-corrected chi connectivity index (χ1v) is 7.62. The third-order valence-electron chi connectivity index (χ3n) is 4.04. The van der Waals surface area contributed by atoms with Gasteiger partial charge in [0, 0.05) is 5.69 Å². The van der Waals surface area contributed by atoms with Crippen LogP contribution in [0.4, 0.5) is 5.69 Å². The summed E-state index contributed by atoms with van der Waals surface area (Å²) in [7, 11) is 0. The number of esters is 1. The molecule has 0 bridgehead atoms. The zero-order valence-corrected chi connectivity index (χ0v) is 12.9. The lowest BCUT2D eigenvalue weighted by molar-refractivity contribution is -0.152. The maximum atomic E-state index is 11.8. The number of carbonyl (C=O) groups excluding carboxylic acids is 1. The predicted octanol–water partition coefficient (Wildman–Crippen LogP) is 3.55. The van der Waals surface area contributed by atoms with Gasteiger partial charge in [0.2, 0.25) is 0 Å². The van der Waals surface area contributed by atoms with Crippen LogP contribution in [0.5, 0.6) is 5.75 Å². The molecule has 2 rings (SSSR count). The van der Waals surface area contributed by atoms with E-state index in [1.54, 1.807) is 24.3 Å². The molecule has 21 heavy (non-hydrogen) atoms. The normalized spacial score (nSPS) is 18.2. The van der Waals surface area contributed by atoms with Crippen LogP contribution in [0.15, 0.2) is 24.3 Å². The molecule has 116 valence electrons. The number of anilines is 1. The highest BCUT2D eigenvalue weighted by Crippen LogP contribution is 2.36. The average Bonchev–Trinajstić information content (AvgIpc) is 2.43. The van der Waals surface area contributed by atoms with E-state index in [-0.39, 0.29) is 18.5 Å². The maximum Gasteiger partial charge on any atom is 0.309 e. The summed E-state index contributed by atoms with van der Waals surface area (Å²) in [5.41, 5.74) is 6.68. The largest absolute Gasteiger partial charge is 0.493 e. The number of rotatable bonds is 5. The van der Waals surface area contributed by atoms with Crippen molar-refractivity contribution < 1.29 is 14.3 Å². The van der Waals surface area contributed by atoms with Gasteiger partial charge >= 0.3 is 5.97 Å². The molecule has 4 nitrogen and oxygen atoms in total. The Morgan fingerprint density at radius 3 is 2.48 bits per heavy atom. The van der Waals surface area contributed by atoms with Gasteiger partial charge in [-0.1, -0.05) is 13.8 Å². The van der Waals surface area contributed by atoms with Crippen molar-refractivity contribution in [3.05, 3.63) is 24.3 Å². The number of benzene rings is 1. The molecule has 0 saturated heterocycles. The van der Waals surface area contributed by atoms with Gasteiger partial charge in [0.1, 0.15) is 11.9 Å². The van der Waals surface area contributed by atoms with Crippen molar-refractivity contribution in [3.8, 4) is 5.75 Å². The third-order valence-corrected chi connectivity index (χ3v) is 4.04. The molecule has 0 spiro atoms. The summed E-state index contributed by atoms with van der Waals surface area (Å²) in [6, 6.07) is 7.14. The number of carbonyl (C=O) groups is 1. The van der Waals surface area contributed by atoms with Crippen molar-refractivity contribution in [2.24, 2.45) is 5.41 Å². The second kappa shape index (κ2) is 6.83. The van der Waals surface area contributed by atoms with Crippen molar-refractivity contribution in [2.75, 3.05) is 12.3 Å². The van der Waals surface area contributed by atoms with E-state index < -0.39 is 0 Å². The monoisotopic (exact) mass is 291 g/mol. The summed E-state index contributed by atoms with van der Waals surface area (Å²) in [5, 5.41) is 0. The van der Waals surface area contributed by atoms with Crippen LogP contribution in [0.3, 0.4) is 0 Å². The highest BCUT2D eigenvalue weighted by molar-refractivity contribution is 5.69. The van der Waals surface area contributed by atoms with Crippen molar-refractivity contribution >= 4 is 11.7 Å². The lowest BCUT2D eigenvalue weighted by Gasteiger charge is -2.33. The van der Waals surface area contributed by atoms with Crippen molar-refractivity contribution in [3.63, 3.8) is 0 Å². The third kappa shape index (κ3) is 5.29. The Hall–Kier alpha value is -1.71. The summed E-state index contributed by atoms with van der Waals surface area (Å²) in [4.78, 5) is 11.8. The Balaban J connectivity index is 1.65. The smallest absolute Gasteiger partial charge is 0.309 e. The van der Waals surface area contributed by atoms with Gasteiger partial charge in [-0.05, 0) is 55.4 Å². The first-order chi connectivity index (χ1) is 9.94. The van der Waals surface area contributed by atoms with E-state index in [2.05, 4.69) is 13.8 Å². The molecule has 0 unspecified atom stereocenters. The quantitative estimate of drug-likeness (QED) is 0.665. The summed E-state index contributed by atoms with van der Waals surface area (Å²) >= 11 is 0. The topological polar surface area (TPSA) is 61.5 Å². The standard InChI is InChI=1S/C17H25NO3/c1-17(2)10-7-15(8-11-17)21-16(19)9-12-20-14-5-3-13(18)4-6-14/h3-6,15H,7-12,18H2,1-2H3. The fourth-order valence-corrected chi connectivity index (χ4v) is 2.55. The number of nitrogen functional groups attached to an aromatic ring is 1. The second-order valence-electron chi connectivity index (χ2n) is 6.52. The molecular formula is C17H25NO3. The molecular weight excluding hydrogens is 266 g/mol. The van der Waals surface area contributed by atoms with Crippen LogP contribution in [-0.2, 0) is 9.53 Å². The van der Waals surface area contributed by atoms with Gasteiger partial charge in [-0.25, -0.2) is 0 Å². The van der Waals surface area contributed by atoms with Crippen LogP contribution >= 0.6 is 0 Å². The molecule has 2 N–H and O–H groups in total. The number of hydrogen-bond donors (Lipinski definition) is 1. The molecule has 1 aliphatic rings. The molecule has 1 fully saturated rings. The van der Waals surface area contributed by atoms with E-state index in [4.69, 9.17) is 15.2 Å². The van der Waals surface area contributed by atoms with Gasteiger partial charge in [0.15, 0.2) is 0 Å². The molecule has 0 heterocycles. The Bertz CT molecular complexity index is 457. The molecule has 0 atom stereocenters. The zero-order valence-electron chi connectivity index (χ0n) is 12.9. The van der Waals surface area contributed by atoms with Crippen LogP contribution in [0.25, 0.3) is 0 Å². The molecule has 4 heteroatoms. The fourth-order valence-electron chi connectivity index (χ4n) is 2.55. The summed E-state index contributed by atoms with van der Waals surface area (Å²) in [6.45, 7) is 4.87. The lowest BCUT2D eigenvalue weighted by Crippen LogP contribution is -2.28. The fraction of sp³-hybridized carbons (Fsp3) is 0.588. The van der Waals surface area contributed by atoms with Gasteiger partial charge in [0.25, 0.3) is 0 Å². The van der Waals surface area contributed by atoms with Crippen molar-refractivity contribution in [1.82, 2.24) is 0 Å². The summed E-state index contributed by atoms with van der Waals surface area (Å²) in [5.74, 6) is 0.548. The van der Waals surface area contributed by atoms with Gasteiger partial charge in [-0.15, -0.1) is 0 Å². The minimum absolute atomic E-state index is 0.0852. The van der Waals surface area contributed by atoms with E-state index in [0.717, 1.165) is 31.4 Å². The summed E-state index contributed by atoms with van der Waals surface area (Å²) < 4.78 is 11.0. The van der Waals surface area contributed by atoms with Crippen LogP contribution in [0, 0.1) is 5.41 Å². The molecule has 0 aliphatic heterocycles. The highest BCUT2D eigenvalue weighted by Gasteiger charge is 2.28. The van der Waals surface area contributed by atoms with E-state index in [9.17, 15) is 4.79 Å². The van der Waals surface area contributed by atoms with Crippen molar-refractivity contribution in [1.29, 1.82) is 0 Å². The van der Waals surface area contributed by atoms with Gasteiger partial charge in [-0.3, -0.25) is 4.79 Å². The van der Waals surface area contributed by atoms with Gasteiger partial charge in [-0.2, -0.15) is 0 Å². The molecule has 0 amide bonds. The molecule has 1 aliphatic carbocycles. The van der Waals surface area contributed by atoms with E-state index in [1.165, 1.54) is 0 Å². The van der Waals surface area contributed by atoms with E-state index >= 15 is 0 Å². The molecule has 1 saturated carbocycles. The first-order valence-electron chi connectivity index (χ1n) is 7.62. The second-order valence-corrected chi connectivity index (χ2v) is 6.52. The lowest BCUT2D eigenvalue weighted by atomic mass is 9.76. The minimum Gasteiger partial charge on any atom is -0.493 e. The predicted molar refractivity (Wildman–Crippen MR) is 83.1 cm³/mol. The van der Waals surface area contributed by atoms with Gasteiger partial charge < -0.3 is 15.2 Å². The van der Waals surface area contributed by atoms with Crippen LogP contribution < -0.4 is 10.5 Å². The first kappa shape index (κ1) is 15.7. The minimum atomic E-state index is -0.171. The Kier molecular flexibility index (Phi) is 5.10. The molecule has 1 aromatic carbocycles. The van der Waals surface area contributed by atoms with Crippen LogP contribution in [-0.4, -0.2) is 18.7 Å². The van der Waals surface area contributed by atoms with E-state index in [0.29, 0.717) is 17.7 Å². The number of nitrogens with two attached hydrogens (primary N) is 1. The Morgan fingerprint density at radius 1 is 1.24 bits per heavy atom. The zero-order chi connectivity index (χ0) is 15.3. The Morgan fingerprint density at radius 2 is 1.86 bits per heavy atom. The Labute approximate surface area is 126 Å². The highest BCUT2D eigenvalue weighted by atomic mass is 16.5. The van der Waals surface area contributed by atoms with Gasteiger partial charge in [0.05, 0.1) is 13.0 Å².